The molecular formula is C17H30N2O3. The number of nitrogens with two attached hydrogens (primary N) is 1. The molecule has 126 valence electrons. The second kappa shape index (κ2) is 7.47. The van der Waals surface area contributed by atoms with E-state index in [0.717, 1.165) is 12.8 Å². The highest BCUT2D eigenvalue weighted by Gasteiger charge is 2.35. The van der Waals surface area contributed by atoms with Crippen LogP contribution in [0.25, 0.3) is 0 Å². The summed E-state index contributed by atoms with van der Waals surface area (Å²) in [6.07, 6.45) is 7.75. The molecule has 0 bridgehead atoms. The molecule has 1 amide bonds. The van der Waals surface area contributed by atoms with Gasteiger partial charge < -0.3 is 15.2 Å². The van der Waals surface area contributed by atoms with Crippen molar-refractivity contribution in [2.24, 2.45) is 5.73 Å². The number of ether oxygens (including phenoxy) is 2. The normalized spacial score (nSPS) is 25.2. The fourth-order valence-corrected chi connectivity index (χ4v) is 3.06. The Hall–Kier alpha value is -1.07. The van der Waals surface area contributed by atoms with Gasteiger partial charge in [-0.15, -0.1) is 0 Å². The van der Waals surface area contributed by atoms with E-state index in [-0.39, 0.29) is 18.2 Å². The lowest BCUT2D eigenvalue weighted by Crippen LogP contribution is -2.58. The van der Waals surface area contributed by atoms with Crippen molar-refractivity contribution >= 4 is 6.09 Å². The molecule has 2 N–H and O–H groups in total. The third kappa shape index (κ3) is 4.71. The molecule has 1 fully saturated rings. The number of morpholine rings is 1. The quantitative estimate of drug-likeness (QED) is 0.797. The number of carbonyl (C=O) groups excluding carboxylic acids is 1. The smallest absolute Gasteiger partial charge is 0.410 e. The third-order valence-corrected chi connectivity index (χ3v) is 4.21. The molecule has 5 heteroatoms. The molecule has 0 saturated carbocycles. The Morgan fingerprint density at radius 2 is 2.18 bits per heavy atom. The van der Waals surface area contributed by atoms with Gasteiger partial charge in [0.1, 0.15) is 5.60 Å². The first-order valence-electron chi connectivity index (χ1n) is 8.40. The highest BCUT2D eigenvalue weighted by Crippen LogP contribution is 2.24. The average Bonchev–Trinajstić information content (AvgIpc) is 2.74. The molecule has 2 unspecified atom stereocenters. The molecular weight excluding hydrogens is 280 g/mol. The summed E-state index contributed by atoms with van der Waals surface area (Å²) in [5, 5.41) is 0. The molecule has 5 nitrogen and oxygen atoms in total. The van der Waals surface area contributed by atoms with Gasteiger partial charge in [-0.1, -0.05) is 18.1 Å². The van der Waals surface area contributed by atoms with E-state index in [9.17, 15) is 4.79 Å². The Bertz CT molecular complexity index is 415. The molecule has 1 saturated heterocycles. The lowest BCUT2D eigenvalue weighted by molar-refractivity contribution is -0.0356. The van der Waals surface area contributed by atoms with E-state index < -0.39 is 5.60 Å². The van der Waals surface area contributed by atoms with Gasteiger partial charge >= 0.3 is 6.09 Å². The summed E-state index contributed by atoms with van der Waals surface area (Å²) in [5.74, 6) is 0. The fourth-order valence-electron chi connectivity index (χ4n) is 3.06. The third-order valence-electron chi connectivity index (χ3n) is 4.21. The van der Waals surface area contributed by atoms with Crippen LogP contribution in [0.15, 0.2) is 11.6 Å². The van der Waals surface area contributed by atoms with E-state index in [0.29, 0.717) is 19.8 Å². The summed E-state index contributed by atoms with van der Waals surface area (Å²) in [6.45, 7) is 7.22. The molecule has 1 aliphatic heterocycles. The van der Waals surface area contributed by atoms with Crippen LogP contribution in [-0.2, 0) is 9.47 Å². The van der Waals surface area contributed by atoms with Crippen molar-refractivity contribution in [3.63, 3.8) is 0 Å². The van der Waals surface area contributed by atoms with Crippen LogP contribution >= 0.6 is 0 Å². The zero-order valence-electron chi connectivity index (χ0n) is 14.1. The Kier molecular flexibility index (Phi) is 5.87. The van der Waals surface area contributed by atoms with Crippen molar-refractivity contribution in [3.05, 3.63) is 11.6 Å². The molecule has 2 atom stereocenters. The molecule has 1 heterocycles. The van der Waals surface area contributed by atoms with Crippen molar-refractivity contribution in [1.82, 2.24) is 4.90 Å². The predicted molar refractivity (Wildman–Crippen MR) is 86.7 cm³/mol. The Morgan fingerprint density at radius 3 is 2.91 bits per heavy atom. The minimum Gasteiger partial charge on any atom is -0.444 e. The van der Waals surface area contributed by atoms with Crippen molar-refractivity contribution in [1.29, 1.82) is 0 Å². The summed E-state index contributed by atoms with van der Waals surface area (Å²) in [7, 11) is 0. The van der Waals surface area contributed by atoms with E-state index in [1.165, 1.54) is 24.8 Å². The number of rotatable bonds is 2. The number of hydrogen-bond donors (Lipinski definition) is 1. The van der Waals surface area contributed by atoms with Gasteiger partial charge in [0, 0.05) is 12.6 Å². The predicted octanol–water partition coefficient (Wildman–Crippen LogP) is 2.84. The van der Waals surface area contributed by atoms with Gasteiger partial charge in [0.25, 0.3) is 0 Å². The Labute approximate surface area is 133 Å². The first kappa shape index (κ1) is 17.3. The number of carbonyl (C=O) groups is 1. The second-order valence-electron chi connectivity index (χ2n) is 7.22. The average molecular weight is 310 g/mol. The van der Waals surface area contributed by atoms with Crippen LogP contribution in [0, 0.1) is 0 Å². The standard InChI is InChI=1S/C17H30N2O3/c1-17(2,3)22-16(20)19-10-11-21-12-14(19)15(18)13-8-6-4-5-7-9-13/h8,14-15H,4-7,9-12,18H2,1-3H3. The molecule has 0 aromatic rings. The Balaban J connectivity index is 2.08. The van der Waals surface area contributed by atoms with E-state index in [1.807, 2.05) is 20.8 Å². The maximum Gasteiger partial charge on any atom is 0.410 e. The van der Waals surface area contributed by atoms with Gasteiger partial charge in [-0.05, 0) is 46.5 Å². The maximum atomic E-state index is 12.5. The van der Waals surface area contributed by atoms with Crippen LogP contribution in [0.2, 0.25) is 0 Å². The second-order valence-corrected chi connectivity index (χ2v) is 7.22. The summed E-state index contributed by atoms with van der Waals surface area (Å²) < 4.78 is 11.1. The molecule has 2 aliphatic rings. The van der Waals surface area contributed by atoms with E-state index in [1.54, 1.807) is 4.90 Å². The molecule has 0 radical (unpaired) electrons. The molecule has 0 aromatic carbocycles. The van der Waals surface area contributed by atoms with Gasteiger partial charge in [0.05, 0.1) is 19.3 Å². The van der Waals surface area contributed by atoms with Crippen LogP contribution in [0.3, 0.4) is 0 Å². The summed E-state index contributed by atoms with van der Waals surface area (Å²) >= 11 is 0. The number of amides is 1. The lowest BCUT2D eigenvalue weighted by atomic mass is 9.95. The van der Waals surface area contributed by atoms with E-state index >= 15 is 0 Å². The molecule has 22 heavy (non-hydrogen) atoms. The monoisotopic (exact) mass is 310 g/mol. The van der Waals surface area contributed by atoms with Gasteiger partial charge in [-0.25, -0.2) is 4.79 Å². The van der Waals surface area contributed by atoms with Crippen molar-refractivity contribution < 1.29 is 14.3 Å². The molecule has 2 rings (SSSR count). The van der Waals surface area contributed by atoms with Gasteiger partial charge in [0.15, 0.2) is 0 Å². The molecule has 1 aliphatic carbocycles. The summed E-state index contributed by atoms with van der Waals surface area (Å²) in [4.78, 5) is 14.2. The number of hydrogen-bond acceptors (Lipinski definition) is 4. The van der Waals surface area contributed by atoms with Crippen LogP contribution in [0.5, 0.6) is 0 Å². The highest BCUT2D eigenvalue weighted by atomic mass is 16.6. The topological polar surface area (TPSA) is 64.8 Å². The SMILES string of the molecule is CC(C)(C)OC(=O)N1CCOCC1C(N)C1=CCCCCC1. The number of allylic oxidation sites excluding steroid dienone is 1. The van der Waals surface area contributed by atoms with Gasteiger partial charge in [-0.3, -0.25) is 4.90 Å². The van der Waals surface area contributed by atoms with Crippen molar-refractivity contribution in [2.45, 2.75) is 70.6 Å². The van der Waals surface area contributed by atoms with Crippen molar-refractivity contribution in [2.75, 3.05) is 19.8 Å². The van der Waals surface area contributed by atoms with Crippen LogP contribution in [-0.4, -0.2) is 48.4 Å². The minimum atomic E-state index is -0.494. The highest BCUT2D eigenvalue weighted by molar-refractivity contribution is 5.69. The summed E-state index contributed by atoms with van der Waals surface area (Å²) in [5.41, 5.74) is 7.26. The molecule has 0 aromatic heterocycles. The molecule has 0 spiro atoms. The van der Waals surface area contributed by atoms with Crippen LogP contribution in [0.4, 0.5) is 4.79 Å². The van der Waals surface area contributed by atoms with Gasteiger partial charge in [0.2, 0.25) is 0 Å². The van der Waals surface area contributed by atoms with E-state index in [4.69, 9.17) is 15.2 Å². The first-order chi connectivity index (χ1) is 10.4. The lowest BCUT2D eigenvalue weighted by Gasteiger charge is -2.40. The van der Waals surface area contributed by atoms with Gasteiger partial charge in [-0.2, -0.15) is 0 Å². The minimum absolute atomic E-state index is 0.132. The Morgan fingerprint density at radius 1 is 1.41 bits per heavy atom. The van der Waals surface area contributed by atoms with Crippen LogP contribution < -0.4 is 5.73 Å². The van der Waals surface area contributed by atoms with Crippen molar-refractivity contribution in [3.8, 4) is 0 Å². The fraction of sp³-hybridized carbons (Fsp3) is 0.824. The van der Waals surface area contributed by atoms with Crippen LogP contribution in [0.1, 0.15) is 52.9 Å². The number of nitrogens with zero attached hydrogens (tertiary/aromatic N) is 1. The largest absolute Gasteiger partial charge is 0.444 e. The maximum absolute atomic E-state index is 12.5. The zero-order valence-corrected chi connectivity index (χ0v) is 14.1. The van der Waals surface area contributed by atoms with E-state index in [2.05, 4.69) is 6.08 Å². The first-order valence-corrected chi connectivity index (χ1v) is 8.40. The zero-order chi connectivity index (χ0) is 16.2. The summed E-state index contributed by atoms with van der Waals surface area (Å²) in [6, 6.07) is -0.293.